The van der Waals surface area contributed by atoms with Crippen molar-refractivity contribution in [1.82, 2.24) is 9.38 Å². The van der Waals surface area contributed by atoms with E-state index >= 15 is 0 Å². The average Bonchev–Trinajstić information content (AvgIpc) is 2.89. The first-order valence-electron chi connectivity index (χ1n) is 11.3. The van der Waals surface area contributed by atoms with Gasteiger partial charge in [-0.2, -0.15) is 0 Å². The number of aryl methyl sites for hydroxylation is 1. The van der Waals surface area contributed by atoms with Gasteiger partial charge in [0.25, 0.3) is 0 Å². The number of benzene rings is 2. The Morgan fingerprint density at radius 1 is 1.00 bits per heavy atom. The Hall–Kier alpha value is -3.97. The van der Waals surface area contributed by atoms with Gasteiger partial charge >= 0.3 is 5.56 Å². The van der Waals surface area contributed by atoms with Crippen LogP contribution in [0.1, 0.15) is 16.8 Å². The van der Waals surface area contributed by atoms with Crippen molar-refractivity contribution in [3.05, 3.63) is 100 Å². The largest absolute Gasteiger partial charge is 0.490 e. The van der Waals surface area contributed by atoms with Gasteiger partial charge in [0.15, 0.2) is 5.65 Å². The number of aromatic nitrogens is 2. The van der Waals surface area contributed by atoms with Crippen LogP contribution in [0.5, 0.6) is 5.75 Å². The van der Waals surface area contributed by atoms with Crippen LogP contribution >= 0.6 is 0 Å². The molecule has 1 saturated heterocycles. The zero-order valence-electron chi connectivity index (χ0n) is 19.3. The monoisotopic (exact) mass is 454 g/mol. The van der Waals surface area contributed by atoms with Crippen molar-refractivity contribution in [2.45, 2.75) is 6.92 Å². The lowest BCUT2D eigenvalue weighted by Gasteiger charge is -2.29. The summed E-state index contributed by atoms with van der Waals surface area (Å²) in [7, 11) is 1.49. The van der Waals surface area contributed by atoms with Crippen LogP contribution in [0.2, 0.25) is 0 Å². The van der Waals surface area contributed by atoms with Crippen LogP contribution in [0.3, 0.4) is 0 Å². The van der Waals surface area contributed by atoms with Crippen LogP contribution < -0.4 is 15.2 Å². The molecule has 34 heavy (non-hydrogen) atoms. The molecule has 0 N–H and O–H groups in total. The van der Waals surface area contributed by atoms with Crippen molar-refractivity contribution < 1.29 is 9.47 Å². The normalized spacial score (nSPS) is 13.6. The second kappa shape index (κ2) is 9.49. The summed E-state index contributed by atoms with van der Waals surface area (Å²) in [6.45, 7) is 4.54. The topological polar surface area (TPSA) is 68.4 Å². The molecule has 1 aliphatic heterocycles. The molecule has 0 saturated carbocycles. The Kier molecular flexibility index (Phi) is 6.10. The molecule has 7 heteroatoms. The molecule has 1 fully saturated rings. The third kappa shape index (κ3) is 4.18. The van der Waals surface area contributed by atoms with E-state index in [1.54, 1.807) is 11.3 Å². The van der Waals surface area contributed by atoms with E-state index in [1.807, 2.05) is 72.9 Å². The number of morpholine rings is 1. The number of hydrogen-bond acceptors (Lipinski definition) is 6. The van der Waals surface area contributed by atoms with Crippen molar-refractivity contribution in [1.29, 1.82) is 0 Å². The zero-order chi connectivity index (χ0) is 23.5. The quantitative estimate of drug-likeness (QED) is 0.426. The average molecular weight is 455 g/mol. The fourth-order valence-corrected chi connectivity index (χ4v) is 4.22. The highest BCUT2D eigenvalue weighted by molar-refractivity contribution is 6.14. The summed E-state index contributed by atoms with van der Waals surface area (Å²) in [4.78, 5) is 25.3. The number of ether oxygens (including phenoxy) is 2. The molecular formula is C27H26N4O3. The summed E-state index contributed by atoms with van der Waals surface area (Å²) >= 11 is 0. The lowest BCUT2D eigenvalue weighted by Crippen LogP contribution is -2.36. The molecular weight excluding hydrogens is 428 g/mol. The predicted octanol–water partition coefficient (Wildman–Crippen LogP) is 4.02. The van der Waals surface area contributed by atoms with E-state index in [4.69, 9.17) is 19.5 Å². The van der Waals surface area contributed by atoms with Gasteiger partial charge in [-0.15, -0.1) is 0 Å². The number of methoxy groups -OCH3 is 1. The maximum atomic E-state index is 13.3. The number of nitrogens with zero attached hydrogens (tertiary/aromatic N) is 4. The third-order valence-electron chi connectivity index (χ3n) is 5.93. The van der Waals surface area contributed by atoms with Gasteiger partial charge in [-0.3, -0.25) is 9.20 Å². The number of anilines is 1. The molecule has 0 aliphatic carbocycles. The van der Waals surface area contributed by atoms with Gasteiger partial charge in [-0.1, -0.05) is 60.7 Å². The lowest BCUT2D eigenvalue weighted by atomic mass is 10.0. The van der Waals surface area contributed by atoms with E-state index in [-0.39, 0.29) is 11.3 Å². The molecule has 3 heterocycles. The van der Waals surface area contributed by atoms with Crippen LogP contribution in [0.25, 0.3) is 5.65 Å². The van der Waals surface area contributed by atoms with Crippen LogP contribution in [0, 0.1) is 6.92 Å². The Morgan fingerprint density at radius 3 is 2.21 bits per heavy atom. The highest BCUT2D eigenvalue weighted by Gasteiger charge is 2.19. The van der Waals surface area contributed by atoms with Crippen LogP contribution in [-0.4, -0.2) is 48.5 Å². The minimum Gasteiger partial charge on any atom is -0.490 e. The first kappa shape index (κ1) is 21.9. The second-order valence-corrected chi connectivity index (χ2v) is 8.10. The molecule has 2 aromatic carbocycles. The standard InChI is InChI=1S/C27H26N4O3/c1-19-25(33-2)27(32)31-18-22(30-13-15-34-16-14-30)17-23(26(31)28-19)29-24(20-9-5-3-6-10-20)21-11-7-4-8-12-21/h3-12,17-18H,13-16H2,1-2H3. The molecule has 4 aromatic rings. The maximum Gasteiger partial charge on any atom is 0.300 e. The second-order valence-electron chi connectivity index (χ2n) is 8.10. The molecule has 0 atom stereocenters. The van der Waals surface area contributed by atoms with Crippen molar-refractivity contribution in [3.63, 3.8) is 0 Å². The Balaban J connectivity index is 1.79. The fraction of sp³-hybridized carbons (Fsp3) is 0.222. The van der Waals surface area contributed by atoms with Gasteiger partial charge < -0.3 is 14.4 Å². The molecule has 7 nitrogen and oxygen atoms in total. The summed E-state index contributed by atoms with van der Waals surface area (Å²) in [5, 5.41) is 0. The van der Waals surface area contributed by atoms with Gasteiger partial charge in [0.1, 0.15) is 5.69 Å². The molecule has 0 amide bonds. The number of fused-ring (bicyclic) bond motifs is 1. The fourth-order valence-electron chi connectivity index (χ4n) is 4.22. The molecule has 0 radical (unpaired) electrons. The van der Waals surface area contributed by atoms with E-state index in [9.17, 15) is 4.79 Å². The maximum absolute atomic E-state index is 13.3. The Bertz CT molecular complexity index is 1350. The van der Waals surface area contributed by atoms with Gasteiger partial charge in [0.05, 0.1) is 37.4 Å². The SMILES string of the molecule is COc1c(C)nc2c(N=C(c3ccccc3)c3ccccc3)cc(N3CCOCC3)cn2c1=O. The number of rotatable bonds is 5. The highest BCUT2D eigenvalue weighted by atomic mass is 16.5. The zero-order valence-corrected chi connectivity index (χ0v) is 19.3. The molecule has 0 bridgehead atoms. The number of hydrogen-bond donors (Lipinski definition) is 0. The summed E-state index contributed by atoms with van der Waals surface area (Å²) < 4.78 is 12.4. The first-order chi connectivity index (χ1) is 16.7. The molecule has 0 spiro atoms. The van der Waals surface area contributed by atoms with E-state index in [0.717, 1.165) is 35.6 Å². The molecule has 2 aromatic heterocycles. The van der Waals surface area contributed by atoms with E-state index in [0.29, 0.717) is 30.2 Å². The molecule has 5 rings (SSSR count). The lowest BCUT2D eigenvalue weighted by molar-refractivity contribution is 0.122. The van der Waals surface area contributed by atoms with Crippen molar-refractivity contribution in [2.75, 3.05) is 38.3 Å². The summed E-state index contributed by atoms with van der Waals surface area (Å²) in [5.74, 6) is 0.234. The highest BCUT2D eigenvalue weighted by Crippen LogP contribution is 2.29. The van der Waals surface area contributed by atoms with Gasteiger partial charge in [0.2, 0.25) is 5.75 Å². The van der Waals surface area contributed by atoms with Crippen molar-refractivity contribution >= 4 is 22.7 Å². The summed E-state index contributed by atoms with van der Waals surface area (Å²) in [5.41, 5.74) is 5.06. The molecule has 172 valence electrons. The van der Waals surface area contributed by atoms with Gasteiger partial charge in [-0.25, -0.2) is 9.98 Å². The molecule has 0 unspecified atom stereocenters. The van der Waals surface area contributed by atoms with Gasteiger partial charge in [0, 0.05) is 30.4 Å². The van der Waals surface area contributed by atoms with Crippen LogP contribution in [0.4, 0.5) is 11.4 Å². The Labute approximate surface area is 197 Å². The smallest absolute Gasteiger partial charge is 0.300 e. The number of pyridine rings is 1. The van der Waals surface area contributed by atoms with E-state index in [2.05, 4.69) is 4.90 Å². The summed E-state index contributed by atoms with van der Waals surface area (Å²) in [6, 6.07) is 22.1. The van der Waals surface area contributed by atoms with Crippen molar-refractivity contribution in [2.24, 2.45) is 4.99 Å². The van der Waals surface area contributed by atoms with Crippen LogP contribution in [-0.2, 0) is 4.74 Å². The predicted molar refractivity (Wildman–Crippen MR) is 134 cm³/mol. The number of aliphatic imine (C=N–C) groups is 1. The Morgan fingerprint density at radius 2 is 1.62 bits per heavy atom. The molecule has 1 aliphatic rings. The van der Waals surface area contributed by atoms with Gasteiger partial charge in [-0.05, 0) is 13.0 Å². The first-order valence-corrected chi connectivity index (χ1v) is 11.3. The minimum atomic E-state index is -0.252. The third-order valence-corrected chi connectivity index (χ3v) is 5.93. The van der Waals surface area contributed by atoms with E-state index < -0.39 is 0 Å². The minimum absolute atomic E-state index is 0.234. The van der Waals surface area contributed by atoms with Crippen molar-refractivity contribution in [3.8, 4) is 5.75 Å². The van der Waals surface area contributed by atoms with Crippen LogP contribution in [0.15, 0.2) is 82.7 Å². The van der Waals surface area contributed by atoms with E-state index in [1.165, 1.54) is 7.11 Å². The summed E-state index contributed by atoms with van der Waals surface area (Å²) in [6.07, 6.45) is 1.82.